The standard InChI is InChI=1S/C14H15N7/c15-9-12-14(18-4-3-17-12)21-7-5-20(6-8-21)11-1-2-13(16)19-10-11/h1-4,10H,5-8H2,(H2,16,19). The average molecular weight is 281 g/mol. The van der Waals surface area contributed by atoms with Crippen molar-refractivity contribution in [1.29, 1.82) is 5.26 Å². The molecule has 0 atom stereocenters. The number of anilines is 3. The van der Waals surface area contributed by atoms with Crippen LogP contribution in [0.4, 0.5) is 17.3 Å². The highest BCUT2D eigenvalue weighted by Crippen LogP contribution is 2.20. The lowest BCUT2D eigenvalue weighted by Gasteiger charge is -2.36. The predicted octanol–water partition coefficient (Wildman–Crippen LogP) is 0.652. The van der Waals surface area contributed by atoms with E-state index in [4.69, 9.17) is 11.0 Å². The van der Waals surface area contributed by atoms with Gasteiger partial charge in [0.1, 0.15) is 11.9 Å². The molecular weight excluding hydrogens is 266 g/mol. The lowest BCUT2D eigenvalue weighted by atomic mass is 10.2. The molecule has 1 aliphatic heterocycles. The van der Waals surface area contributed by atoms with E-state index in [1.54, 1.807) is 24.7 Å². The third-order valence-corrected chi connectivity index (χ3v) is 3.50. The molecule has 0 spiro atoms. The number of nitrogens with two attached hydrogens (primary N) is 1. The van der Waals surface area contributed by atoms with Gasteiger partial charge in [-0.25, -0.2) is 15.0 Å². The molecule has 0 amide bonds. The molecule has 106 valence electrons. The van der Waals surface area contributed by atoms with Crippen molar-refractivity contribution in [3.63, 3.8) is 0 Å². The van der Waals surface area contributed by atoms with Gasteiger partial charge < -0.3 is 15.5 Å². The molecule has 7 heteroatoms. The molecule has 7 nitrogen and oxygen atoms in total. The summed E-state index contributed by atoms with van der Waals surface area (Å²) >= 11 is 0. The Hall–Kier alpha value is -2.88. The molecule has 0 aromatic carbocycles. The molecule has 21 heavy (non-hydrogen) atoms. The first-order valence-corrected chi connectivity index (χ1v) is 6.70. The Labute approximate surface area is 122 Å². The van der Waals surface area contributed by atoms with E-state index in [0.29, 0.717) is 17.3 Å². The zero-order valence-corrected chi connectivity index (χ0v) is 11.5. The van der Waals surface area contributed by atoms with Crippen molar-refractivity contribution in [3.05, 3.63) is 36.4 Å². The van der Waals surface area contributed by atoms with Crippen LogP contribution in [0, 0.1) is 11.3 Å². The first-order valence-electron chi connectivity index (χ1n) is 6.70. The van der Waals surface area contributed by atoms with Gasteiger partial charge in [0.2, 0.25) is 0 Å². The van der Waals surface area contributed by atoms with Crippen molar-refractivity contribution in [1.82, 2.24) is 15.0 Å². The van der Waals surface area contributed by atoms with Gasteiger partial charge in [-0.05, 0) is 12.1 Å². The normalized spacial score (nSPS) is 14.8. The summed E-state index contributed by atoms with van der Waals surface area (Å²) in [5.74, 6) is 1.19. The van der Waals surface area contributed by atoms with Gasteiger partial charge in [-0.2, -0.15) is 5.26 Å². The van der Waals surface area contributed by atoms with E-state index >= 15 is 0 Å². The second kappa shape index (κ2) is 5.63. The summed E-state index contributed by atoms with van der Waals surface area (Å²) in [5, 5.41) is 9.10. The predicted molar refractivity (Wildman–Crippen MR) is 79.8 cm³/mol. The van der Waals surface area contributed by atoms with Crippen LogP contribution < -0.4 is 15.5 Å². The zero-order chi connectivity index (χ0) is 14.7. The molecule has 3 heterocycles. The van der Waals surface area contributed by atoms with Crippen LogP contribution in [0.5, 0.6) is 0 Å². The molecule has 2 aromatic heterocycles. The Bertz CT molecular complexity index is 654. The van der Waals surface area contributed by atoms with Crippen molar-refractivity contribution >= 4 is 17.3 Å². The van der Waals surface area contributed by atoms with Crippen LogP contribution in [0.15, 0.2) is 30.7 Å². The minimum absolute atomic E-state index is 0.375. The van der Waals surface area contributed by atoms with E-state index in [1.165, 1.54) is 0 Å². The number of piperazine rings is 1. The number of aromatic nitrogens is 3. The number of hydrogen-bond acceptors (Lipinski definition) is 7. The minimum atomic E-state index is 0.375. The van der Waals surface area contributed by atoms with Gasteiger partial charge in [0.25, 0.3) is 0 Å². The van der Waals surface area contributed by atoms with E-state index in [2.05, 4.69) is 30.8 Å². The van der Waals surface area contributed by atoms with E-state index in [0.717, 1.165) is 31.9 Å². The van der Waals surface area contributed by atoms with Crippen molar-refractivity contribution < 1.29 is 0 Å². The Morgan fingerprint density at radius 1 is 1.00 bits per heavy atom. The highest BCUT2D eigenvalue weighted by Gasteiger charge is 2.21. The van der Waals surface area contributed by atoms with Gasteiger partial charge in [0.05, 0.1) is 11.9 Å². The first kappa shape index (κ1) is 13.1. The highest BCUT2D eigenvalue weighted by atomic mass is 15.3. The van der Waals surface area contributed by atoms with Crippen LogP contribution in [0.1, 0.15) is 5.69 Å². The van der Waals surface area contributed by atoms with Crippen molar-refractivity contribution in [2.45, 2.75) is 0 Å². The van der Waals surface area contributed by atoms with Gasteiger partial charge in [-0.3, -0.25) is 0 Å². The summed E-state index contributed by atoms with van der Waals surface area (Å²) in [6.07, 6.45) is 4.94. The fourth-order valence-corrected chi connectivity index (χ4v) is 2.40. The summed E-state index contributed by atoms with van der Waals surface area (Å²) in [7, 11) is 0. The molecule has 2 N–H and O–H groups in total. The van der Waals surface area contributed by atoms with Gasteiger partial charge in [-0.15, -0.1) is 0 Å². The fourth-order valence-electron chi connectivity index (χ4n) is 2.40. The van der Waals surface area contributed by atoms with Crippen LogP contribution in [-0.2, 0) is 0 Å². The number of pyridine rings is 1. The Kier molecular flexibility index (Phi) is 3.51. The average Bonchev–Trinajstić information content (AvgIpc) is 2.56. The minimum Gasteiger partial charge on any atom is -0.384 e. The number of hydrogen-bond donors (Lipinski definition) is 1. The van der Waals surface area contributed by atoms with Gasteiger partial charge in [0.15, 0.2) is 11.5 Å². The molecule has 1 fully saturated rings. The van der Waals surface area contributed by atoms with Crippen LogP contribution in [-0.4, -0.2) is 41.1 Å². The third kappa shape index (κ3) is 2.69. The monoisotopic (exact) mass is 281 g/mol. The van der Waals surface area contributed by atoms with Crippen molar-refractivity contribution in [3.8, 4) is 6.07 Å². The molecule has 2 aromatic rings. The molecule has 0 aliphatic carbocycles. The molecule has 0 saturated carbocycles. The summed E-state index contributed by atoms with van der Waals surface area (Å²) in [5.41, 5.74) is 7.04. The van der Waals surface area contributed by atoms with Crippen LogP contribution in [0.3, 0.4) is 0 Å². The van der Waals surface area contributed by atoms with Gasteiger partial charge in [-0.1, -0.05) is 0 Å². The molecule has 3 rings (SSSR count). The molecule has 0 radical (unpaired) electrons. The maximum atomic E-state index is 9.10. The largest absolute Gasteiger partial charge is 0.384 e. The third-order valence-electron chi connectivity index (χ3n) is 3.50. The topological polar surface area (TPSA) is 95.0 Å². The van der Waals surface area contributed by atoms with E-state index in [1.807, 2.05) is 6.07 Å². The molecule has 1 saturated heterocycles. The summed E-state index contributed by atoms with van der Waals surface area (Å²) in [6.45, 7) is 3.26. The fraction of sp³-hybridized carbons (Fsp3) is 0.286. The highest BCUT2D eigenvalue weighted by molar-refractivity contribution is 5.53. The van der Waals surface area contributed by atoms with Crippen LogP contribution >= 0.6 is 0 Å². The second-order valence-corrected chi connectivity index (χ2v) is 4.76. The SMILES string of the molecule is N#Cc1nccnc1N1CCN(c2ccc(N)nc2)CC1. The van der Waals surface area contributed by atoms with Crippen molar-refractivity contribution in [2.24, 2.45) is 0 Å². The quantitative estimate of drug-likeness (QED) is 0.863. The number of nitriles is 1. The molecule has 1 aliphatic rings. The lowest BCUT2D eigenvalue weighted by molar-refractivity contribution is 0.645. The number of nitrogen functional groups attached to an aromatic ring is 1. The lowest BCUT2D eigenvalue weighted by Crippen LogP contribution is -2.47. The van der Waals surface area contributed by atoms with E-state index in [9.17, 15) is 0 Å². The molecular formula is C14H15N7. The summed E-state index contributed by atoms with van der Waals surface area (Å²) in [4.78, 5) is 16.8. The van der Waals surface area contributed by atoms with Crippen LogP contribution in [0.25, 0.3) is 0 Å². The van der Waals surface area contributed by atoms with Gasteiger partial charge in [0, 0.05) is 38.6 Å². The van der Waals surface area contributed by atoms with Crippen LogP contribution in [0.2, 0.25) is 0 Å². The molecule has 0 unspecified atom stereocenters. The maximum Gasteiger partial charge on any atom is 0.183 e. The summed E-state index contributed by atoms with van der Waals surface area (Å²) in [6, 6.07) is 5.87. The number of nitrogens with zero attached hydrogens (tertiary/aromatic N) is 6. The Morgan fingerprint density at radius 2 is 1.71 bits per heavy atom. The van der Waals surface area contributed by atoms with Crippen molar-refractivity contribution in [2.75, 3.05) is 41.7 Å². The molecule has 0 bridgehead atoms. The van der Waals surface area contributed by atoms with E-state index < -0.39 is 0 Å². The second-order valence-electron chi connectivity index (χ2n) is 4.76. The van der Waals surface area contributed by atoms with E-state index in [-0.39, 0.29) is 0 Å². The first-order chi connectivity index (χ1) is 10.3. The zero-order valence-electron chi connectivity index (χ0n) is 11.5. The Morgan fingerprint density at radius 3 is 2.38 bits per heavy atom. The smallest absolute Gasteiger partial charge is 0.183 e. The summed E-state index contributed by atoms with van der Waals surface area (Å²) < 4.78 is 0. The maximum absolute atomic E-state index is 9.10. The number of rotatable bonds is 2. The Balaban J connectivity index is 1.70. The van der Waals surface area contributed by atoms with Gasteiger partial charge >= 0.3 is 0 Å².